The van der Waals surface area contributed by atoms with Crippen LogP contribution in [0.2, 0.25) is 0 Å². The van der Waals surface area contributed by atoms with Crippen LogP contribution in [0, 0.1) is 5.82 Å². The smallest absolute Gasteiger partial charge is 0.298 e. The fraction of sp³-hybridized carbons (Fsp3) is 0.462. The van der Waals surface area contributed by atoms with Crippen LogP contribution in [0.4, 0.5) is 17.6 Å². The molecule has 0 aliphatic heterocycles. The number of likely N-dealkylation sites (N-methyl/N-ethyl adjacent to an activating group) is 1. The van der Waals surface area contributed by atoms with Crippen molar-refractivity contribution in [1.82, 2.24) is 4.90 Å². The number of hydrogen-bond acceptors (Lipinski definition) is 2. The van der Waals surface area contributed by atoms with E-state index in [0.717, 1.165) is 4.90 Å². The molecule has 1 aromatic carbocycles. The molecule has 6 heteroatoms. The van der Waals surface area contributed by atoms with Gasteiger partial charge in [0.2, 0.25) is 0 Å². The van der Waals surface area contributed by atoms with E-state index in [1.54, 1.807) is 13.0 Å². The van der Waals surface area contributed by atoms with Crippen LogP contribution in [0.1, 0.15) is 12.5 Å². The van der Waals surface area contributed by atoms with Gasteiger partial charge < -0.3 is 0 Å². The average Bonchev–Trinajstić information content (AvgIpc) is 2.29. The minimum Gasteiger partial charge on any atom is -0.298 e. The minimum atomic E-state index is -4.34. The summed E-state index contributed by atoms with van der Waals surface area (Å²) in [5.74, 6) is -0.953. The number of alkyl halides is 3. The van der Waals surface area contributed by atoms with Crippen molar-refractivity contribution in [3.8, 4) is 0 Å². The number of hydrogen-bond donors (Lipinski definition) is 0. The lowest BCUT2D eigenvalue weighted by molar-refractivity contribution is -0.147. The van der Waals surface area contributed by atoms with Gasteiger partial charge in [0.05, 0.1) is 13.1 Å². The van der Waals surface area contributed by atoms with Crippen molar-refractivity contribution in [2.45, 2.75) is 19.5 Å². The summed E-state index contributed by atoms with van der Waals surface area (Å²) in [4.78, 5) is 12.6. The molecule has 0 bridgehead atoms. The zero-order valence-corrected chi connectivity index (χ0v) is 10.5. The predicted molar refractivity (Wildman–Crippen MR) is 63.3 cm³/mol. The van der Waals surface area contributed by atoms with E-state index >= 15 is 0 Å². The molecule has 0 N–H and O–H groups in total. The van der Waals surface area contributed by atoms with Crippen molar-refractivity contribution >= 4 is 5.78 Å². The number of rotatable bonds is 6. The number of ketones is 1. The second-order valence-electron chi connectivity index (χ2n) is 4.23. The third-order valence-electron chi connectivity index (χ3n) is 2.60. The number of halogens is 4. The lowest BCUT2D eigenvalue weighted by Gasteiger charge is -2.21. The highest BCUT2D eigenvalue weighted by Gasteiger charge is 2.30. The fourth-order valence-corrected chi connectivity index (χ4v) is 1.69. The molecule has 0 fully saturated rings. The number of nitrogens with zero attached hydrogens (tertiary/aromatic N) is 1. The summed E-state index contributed by atoms with van der Waals surface area (Å²) in [5.41, 5.74) is 0.204. The molecule has 0 aliphatic carbocycles. The number of carbonyl (C=O) groups excluding carboxylic acids is 1. The molecule has 0 heterocycles. The normalized spacial score (nSPS) is 11.9. The second kappa shape index (κ2) is 6.65. The van der Waals surface area contributed by atoms with Crippen LogP contribution in [0.5, 0.6) is 0 Å². The van der Waals surface area contributed by atoms with Gasteiger partial charge in [-0.3, -0.25) is 9.69 Å². The highest BCUT2D eigenvalue weighted by molar-refractivity contribution is 5.82. The van der Waals surface area contributed by atoms with Gasteiger partial charge in [0.25, 0.3) is 0 Å². The standard InChI is InChI=1S/C13H15F4NO/c1-2-18(9-13(15,16)17)8-11(19)7-10-5-3-4-6-12(10)14/h3-6H,2,7-9H2,1H3. The highest BCUT2D eigenvalue weighted by atomic mass is 19.4. The van der Waals surface area contributed by atoms with Gasteiger partial charge in [-0.15, -0.1) is 0 Å². The Morgan fingerprint density at radius 1 is 1.26 bits per heavy atom. The number of carbonyl (C=O) groups is 1. The van der Waals surface area contributed by atoms with Gasteiger partial charge in [0, 0.05) is 6.42 Å². The van der Waals surface area contributed by atoms with Crippen LogP contribution in [0.3, 0.4) is 0 Å². The predicted octanol–water partition coefficient (Wildman–Crippen LogP) is 2.82. The Bertz CT molecular complexity index is 431. The Balaban J connectivity index is 2.57. The fourth-order valence-electron chi connectivity index (χ4n) is 1.69. The van der Waals surface area contributed by atoms with Crippen LogP contribution in [-0.2, 0) is 11.2 Å². The van der Waals surface area contributed by atoms with Crippen molar-refractivity contribution in [2.24, 2.45) is 0 Å². The first kappa shape index (κ1) is 15.6. The molecular formula is C13H15F4NO. The van der Waals surface area contributed by atoms with Crippen LogP contribution in [0.25, 0.3) is 0 Å². The molecule has 0 unspecified atom stereocenters. The van der Waals surface area contributed by atoms with E-state index in [2.05, 4.69) is 0 Å². The molecule has 0 saturated heterocycles. The SMILES string of the molecule is CCN(CC(=O)Cc1ccccc1F)CC(F)(F)F. The molecule has 19 heavy (non-hydrogen) atoms. The van der Waals surface area contributed by atoms with Crippen molar-refractivity contribution in [3.05, 3.63) is 35.6 Å². The van der Waals surface area contributed by atoms with E-state index in [0.29, 0.717) is 0 Å². The van der Waals surface area contributed by atoms with Crippen LogP contribution in [-0.4, -0.2) is 36.5 Å². The van der Waals surface area contributed by atoms with E-state index in [1.807, 2.05) is 0 Å². The topological polar surface area (TPSA) is 20.3 Å². The third kappa shape index (κ3) is 5.83. The third-order valence-corrected chi connectivity index (χ3v) is 2.60. The second-order valence-corrected chi connectivity index (χ2v) is 4.23. The molecule has 0 aliphatic rings. The minimum absolute atomic E-state index is 0.114. The van der Waals surface area contributed by atoms with Gasteiger partial charge in [-0.05, 0) is 18.2 Å². The number of Topliss-reactive ketones (excluding diaryl/α,β-unsaturated/α-hetero) is 1. The maximum atomic E-state index is 13.3. The zero-order chi connectivity index (χ0) is 14.5. The Hall–Kier alpha value is -1.43. The summed E-state index contributed by atoms with van der Waals surface area (Å²) in [6.07, 6.45) is -4.53. The molecule has 1 rings (SSSR count). The lowest BCUT2D eigenvalue weighted by Crippen LogP contribution is -2.38. The molecule has 2 nitrogen and oxygen atoms in total. The Morgan fingerprint density at radius 2 is 1.89 bits per heavy atom. The molecule has 0 amide bonds. The Kier molecular flexibility index (Phi) is 5.47. The summed E-state index contributed by atoms with van der Waals surface area (Å²) in [5, 5.41) is 0. The summed E-state index contributed by atoms with van der Waals surface area (Å²) < 4.78 is 50.0. The van der Waals surface area contributed by atoms with Crippen molar-refractivity contribution < 1.29 is 22.4 Å². The van der Waals surface area contributed by atoms with E-state index in [1.165, 1.54) is 18.2 Å². The summed E-state index contributed by atoms with van der Waals surface area (Å²) in [6, 6.07) is 5.74. The molecule has 0 aromatic heterocycles. The Labute approximate surface area is 109 Å². The molecule has 0 spiro atoms. The van der Waals surface area contributed by atoms with Gasteiger partial charge >= 0.3 is 6.18 Å². The summed E-state index contributed by atoms with van der Waals surface area (Å²) >= 11 is 0. The molecule has 0 saturated carbocycles. The first-order chi connectivity index (χ1) is 8.81. The molecule has 0 atom stereocenters. The van der Waals surface area contributed by atoms with Crippen molar-refractivity contribution in [3.63, 3.8) is 0 Å². The van der Waals surface area contributed by atoms with E-state index < -0.39 is 24.3 Å². The first-order valence-corrected chi connectivity index (χ1v) is 5.86. The molecule has 1 aromatic rings. The summed E-state index contributed by atoms with van der Waals surface area (Å²) in [7, 11) is 0. The van der Waals surface area contributed by atoms with Crippen molar-refractivity contribution in [2.75, 3.05) is 19.6 Å². The molecular weight excluding hydrogens is 262 g/mol. The molecule has 106 valence electrons. The molecule has 0 radical (unpaired) electrons. The summed E-state index contributed by atoms with van der Waals surface area (Å²) in [6.45, 7) is 0.196. The highest BCUT2D eigenvalue weighted by Crippen LogP contribution is 2.16. The van der Waals surface area contributed by atoms with Gasteiger partial charge in [0.15, 0.2) is 5.78 Å². The maximum Gasteiger partial charge on any atom is 0.401 e. The quantitative estimate of drug-likeness (QED) is 0.745. The van der Waals surface area contributed by atoms with Gasteiger partial charge in [-0.2, -0.15) is 13.2 Å². The van der Waals surface area contributed by atoms with Crippen LogP contribution < -0.4 is 0 Å². The van der Waals surface area contributed by atoms with Gasteiger partial charge in [-0.25, -0.2) is 4.39 Å². The largest absolute Gasteiger partial charge is 0.401 e. The van der Waals surface area contributed by atoms with Crippen molar-refractivity contribution in [1.29, 1.82) is 0 Å². The zero-order valence-electron chi connectivity index (χ0n) is 10.5. The first-order valence-electron chi connectivity index (χ1n) is 5.86. The van der Waals surface area contributed by atoms with Gasteiger partial charge in [0.1, 0.15) is 5.82 Å². The van der Waals surface area contributed by atoms with E-state index in [-0.39, 0.29) is 25.1 Å². The lowest BCUT2D eigenvalue weighted by atomic mass is 10.1. The Morgan fingerprint density at radius 3 is 2.42 bits per heavy atom. The maximum absolute atomic E-state index is 13.3. The van der Waals surface area contributed by atoms with Crippen LogP contribution >= 0.6 is 0 Å². The van der Waals surface area contributed by atoms with Crippen LogP contribution in [0.15, 0.2) is 24.3 Å². The van der Waals surface area contributed by atoms with Gasteiger partial charge in [-0.1, -0.05) is 25.1 Å². The number of benzene rings is 1. The van der Waals surface area contributed by atoms with E-state index in [4.69, 9.17) is 0 Å². The van der Waals surface area contributed by atoms with E-state index in [9.17, 15) is 22.4 Å². The monoisotopic (exact) mass is 277 g/mol. The average molecular weight is 277 g/mol.